The highest BCUT2D eigenvalue weighted by molar-refractivity contribution is 9.09. The number of nitrogens with two attached hydrogens (primary N) is 1. The van der Waals surface area contributed by atoms with Crippen LogP contribution in [0.15, 0.2) is 24.3 Å². The maximum absolute atomic E-state index is 12.3. The molecule has 0 radical (unpaired) electrons. The van der Waals surface area contributed by atoms with Crippen LogP contribution in [0.25, 0.3) is 0 Å². The van der Waals surface area contributed by atoms with Crippen LogP contribution in [0.4, 0.5) is 14.5 Å². The lowest BCUT2D eigenvalue weighted by atomic mass is 10.2. The Labute approximate surface area is 117 Å². The average molecular weight is 335 g/mol. The Balaban J connectivity index is 2.16. The molecule has 1 atom stereocenters. The van der Waals surface area contributed by atoms with Crippen LogP contribution >= 0.6 is 15.9 Å². The number of benzene rings is 1. The summed E-state index contributed by atoms with van der Waals surface area (Å²) in [5.74, 6) is -0.524. The van der Waals surface area contributed by atoms with Crippen molar-refractivity contribution in [1.29, 1.82) is 0 Å². The van der Waals surface area contributed by atoms with Gasteiger partial charge in [-0.1, -0.05) is 0 Å². The minimum atomic E-state index is -2.85. The first kappa shape index (κ1) is 14.2. The van der Waals surface area contributed by atoms with Gasteiger partial charge in [-0.2, -0.15) is 8.78 Å². The fraction of sp³-hybridized carbons (Fsp3) is 0.417. The van der Waals surface area contributed by atoms with E-state index < -0.39 is 17.7 Å². The minimum Gasteiger partial charge on any atom is -0.366 e. The molecule has 0 spiro atoms. The zero-order valence-corrected chi connectivity index (χ0v) is 11.5. The third-order valence-electron chi connectivity index (χ3n) is 2.82. The number of hydrogen-bond donors (Lipinski definition) is 1. The van der Waals surface area contributed by atoms with Gasteiger partial charge in [0.25, 0.3) is 0 Å². The number of rotatable bonds is 6. The minimum absolute atomic E-state index is 0.169. The summed E-state index contributed by atoms with van der Waals surface area (Å²) < 4.78 is 29.0. The molecule has 0 heterocycles. The second-order valence-electron chi connectivity index (χ2n) is 4.24. The number of hydrogen-bond acceptors (Lipinski definition) is 3. The predicted molar refractivity (Wildman–Crippen MR) is 70.3 cm³/mol. The number of carbonyl (C=O) groups excluding carboxylic acids is 1. The molecule has 4 nitrogen and oxygen atoms in total. The second-order valence-corrected chi connectivity index (χ2v) is 5.02. The SMILES string of the molecule is NC(=O)c1ccc(N(C2CC2)C(Br)OC(F)F)cc1. The fourth-order valence-corrected chi connectivity index (χ4v) is 2.53. The van der Waals surface area contributed by atoms with E-state index >= 15 is 0 Å². The molecule has 1 aliphatic rings. The smallest absolute Gasteiger partial charge is 0.347 e. The Bertz CT molecular complexity index is 452. The van der Waals surface area contributed by atoms with E-state index in [2.05, 4.69) is 20.7 Å². The molecule has 104 valence electrons. The lowest BCUT2D eigenvalue weighted by molar-refractivity contribution is -0.137. The number of anilines is 1. The van der Waals surface area contributed by atoms with Crippen molar-refractivity contribution in [2.45, 2.75) is 30.6 Å². The van der Waals surface area contributed by atoms with E-state index in [1.807, 2.05) is 0 Å². The van der Waals surface area contributed by atoms with E-state index in [0.717, 1.165) is 12.8 Å². The Hall–Kier alpha value is -1.21. The molecule has 1 aromatic carbocycles. The maximum Gasteiger partial charge on any atom is 0.347 e. The van der Waals surface area contributed by atoms with Crippen molar-refractivity contribution in [3.63, 3.8) is 0 Å². The topological polar surface area (TPSA) is 55.6 Å². The van der Waals surface area contributed by atoms with Crippen molar-refractivity contribution in [1.82, 2.24) is 0 Å². The molecular formula is C12H13BrF2N2O2. The van der Waals surface area contributed by atoms with Gasteiger partial charge in [-0.05, 0) is 53.0 Å². The quantitative estimate of drug-likeness (QED) is 0.494. The van der Waals surface area contributed by atoms with Crippen LogP contribution in [-0.4, -0.2) is 23.7 Å². The van der Waals surface area contributed by atoms with Crippen molar-refractivity contribution >= 4 is 27.5 Å². The van der Waals surface area contributed by atoms with Crippen molar-refractivity contribution < 1.29 is 18.3 Å². The third kappa shape index (κ3) is 3.63. The van der Waals surface area contributed by atoms with E-state index in [-0.39, 0.29) is 6.04 Å². The zero-order valence-electron chi connectivity index (χ0n) is 9.93. The van der Waals surface area contributed by atoms with Gasteiger partial charge in [0.2, 0.25) is 5.91 Å². The summed E-state index contributed by atoms with van der Waals surface area (Å²) in [5.41, 5.74) is 6.23. The number of carbonyl (C=O) groups is 1. The van der Waals surface area contributed by atoms with E-state index in [9.17, 15) is 13.6 Å². The molecule has 0 aliphatic heterocycles. The van der Waals surface area contributed by atoms with Crippen molar-refractivity contribution in [3.8, 4) is 0 Å². The number of primary amides is 1. The van der Waals surface area contributed by atoms with E-state index in [0.29, 0.717) is 11.3 Å². The summed E-state index contributed by atoms with van der Waals surface area (Å²) in [6.07, 6.45) is 1.85. The monoisotopic (exact) mass is 334 g/mol. The number of ether oxygens (including phenoxy) is 1. The molecule has 1 aliphatic carbocycles. The van der Waals surface area contributed by atoms with Gasteiger partial charge in [-0.15, -0.1) is 0 Å². The molecular weight excluding hydrogens is 322 g/mol. The van der Waals surface area contributed by atoms with Crippen LogP contribution in [0, 0.1) is 0 Å². The molecule has 1 amide bonds. The first-order valence-corrected chi connectivity index (χ1v) is 6.66. The standard InChI is InChI=1S/C12H13BrF2N2O2/c13-11(19-12(14)15)17(9-5-6-9)8-3-1-7(2-4-8)10(16)18/h1-4,9,11-12H,5-6H2,(H2,16,18). The van der Waals surface area contributed by atoms with Gasteiger partial charge in [0.15, 0.2) is 5.14 Å². The summed E-state index contributed by atoms with van der Waals surface area (Å²) in [6, 6.07) is 6.63. The van der Waals surface area contributed by atoms with Crippen LogP contribution in [0.3, 0.4) is 0 Å². The Morgan fingerprint density at radius 2 is 1.95 bits per heavy atom. The molecule has 0 saturated heterocycles. The van der Waals surface area contributed by atoms with Gasteiger partial charge in [0.05, 0.1) is 0 Å². The number of alkyl halides is 3. The Morgan fingerprint density at radius 1 is 1.37 bits per heavy atom. The number of halogens is 3. The summed E-state index contributed by atoms with van der Waals surface area (Å²) in [4.78, 5) is 12.7. The zero-order chi connectivity index (χ0) is 14.0. The van der Waals surface area contributed by atoms with Gasteiger partial charge in [-0.25, -0.2) is 0 Å². The molecule has 0 bridgehead atoms. The molecule has 1 unspecified atom stereocenters. The second kappa shape index (κ2) is 5.83. The first-order valence-electron chi connectivity index (χ1n) is 5.75. The fourth-order valence-electron chi connectivity index (χ4n) is 1.79. The maximum atomic E-state index is 12.3. The van der Waals surface area contributed by atoms with Crippen LogP contribution in [-0.2, 0) is 4.74 Å². The molecule has 1 fully saturated rings. The Kier molecular flexibility index (Phi) is 4.36. The summed E-state index contributed by atoms with van der Waals surface area (Å²) in [6.45, 7) is -2.85. The van der Waals surface area contributed by atoms with Crippen molar-refractivity contribution in [2.24, 2.45) is 5.73 Å². The highest BCUT2D eigenvalue weighted by Crippen LogP contribution is 2.35. The van der Waals surface area contributed by atoms with Gasteiger partial charge in [0, 0.05) is 17.3 Å². The summed E-state index contributed by atoms with van der Waals surface area (Å²) in [7, 11) is 0. The summed E-state index contributed by atoms with van der Waals surface area (Å²) in [5, 5.41) is -0.903. The molecule has 2 N–H and O–H groups in total. The lowest BCUT2D eigenvalue weighted by Crippen LogP contribution is -2.36. The highest BCUT2D eigenvalue weighted by atomic mass is 79.9. The van der Waals surface area contributed by atoms with Crippen molar-refractivity contribution in [2.75, 3.05) is 4.90 Å². The lowest BCUT2D eigenvalue weighted by Gasteiger charge is -2.29. The average Bonchev–Trinajstić information content (AvgIpc) is 3.13. The largest absolute Gasteiger partial charge is 0.366 e. The van der Waals surface area contributed by atoms with Crippen molar-refractivity contribution in [3.05, 3.63) is 29.8 Å². The molecule has 1 aromatic rings. The molecule has 2 rings (SSSR count). The van der Waals surface area contributed by atoms with Crippen LogP contribution < -0.4 is 10.6 Å². The van der Waals surface area contributed by atoms with Gasteiger partial charge in [0.1, 0.15) is 0 Å². The number of nitrogens with zero attached hydrogens (tertiary/aromatic N) is 1. The predicted octanol–water partition coefficient (Wildman–Crippen LogP) is 2.67. The van der Waals surface area contributed by atoms with Crippen LogP contribution in [0.5, 0.6) is 0 Å². The van der Waals surface area contributed by atoms with Crippen LogP contribution in [0.1, 0.15) is 23.2 Å². The van der Waals surface area contributed by atoms with E-state index in [1.165, 1.54) is 0 Å². The third-order valence-corrected chi connectivity index (χ3v) is 3.48. The van der Waals surface area contributed by atoms with Gasteiger partial charge in [-0.3, -0.25) is 9.53 Å². The van der Waals surface area contributed by atoms with Gasteiger partial charge < -0.3 is 10.6 Å². The van der Waals surface area contributed by atoms with Gasteiger partial charge >= 0.3 is 6.61 Å². The molecule has 19 heavy (non-hydrogen) atoms. The molecule has 1 saturated carbocycles. The van der Waals surface area contributed by atoms with Crippen LogP contribution in [0.2, 0.25) is 0 Å². The highest BCUT2D eigenvalue weighted by Gasteiger charge is 2.34. The molecule has 7 heteroatoms. The Morgan fingerprint density at radius 3 is 2.37 bits per heavy atom. The summed E-state index contributed by atoms with van der Waals surface area (Å²) >= 11 is 3.10. The number of amides is 1. The van der Waals surface area contributed by atoms with E-state index in [1.54, 1.807) is 29.2 Å². The van der Waals surface area contributed by atoms with E-state index in [4.69, 9.17) is 5.73 Å². The first-order chi connectivity index (χ1) is 8.99. The normalized spacial score (nSPS) is 16.4. The molecule has 0 aromatic heterocycles.